The minimum absolute atomic E-state index is 0.306. The number of benzene rings is 1. The highest BCUT2D eigenvalue weighted by Gasteiger charge is 2.16. The van der Waals surface area contributed by atoms with E-state index >= 15 is 0 Å². The summed E-state index contributed by atoms with van der Waals surface area (Å²) in [6, 6.07) is 10.2. The first-order valence-electron chi connectivity index (χ1n) is 7.15. The van der Waals surface area contributed by atoms with Crippen LogP contribution in [-0.4, -0.2) is 29.5 Å². The maximum Gasteiger partial charge on any atom is 0.119 e. The van der Waals surface area contributed by atoms with Gasteiger partial charge in [-0.05, 0) is 32.5 Å². The SMILES string of the molecule is CNC(CCOc1ccccc1)Cc1c(Cl)c(C)nn1C. The van der Waals surface area contributed by atoms with Gasteiger partial charge < -0.3 is 10.1 Å². The Hall–Kier alpha value is -1.52. The van der Waals surface area contributed by atoms with Crippen molar-refractivity contribution in [1.29, 1.82) is 0 Å². The normalized spacial score (nSPS) is 12.4. The number of nitrogens with zero attached hydrogens (tertiary/aromatic N) is 2. The Balaban J connectivity index is 1.88. The zero-order valence-corrected chi connectivity index (χ0v) is 13.5. The molecule has 0 saturated heterocycles. The summed E-state index contributed by atoms with van der Waals surface area (Å²) in [7, 11) is 3.89. The summed E-state index contributed by atoms with van der Waals surface area (Å²) >= 11 is 6.30. The lowest BCUT2D eigenvalue weighted by molar-refractivity contribution is 0.287. The minimum Gasteiger partial charge on any atom is -0.494 e. The van der Waals surface area contributed by atoms with E-state index in [4.69, 9.17) is 16.3 Å². The molecular weight excluding hydrogens is 286 g/mol. The molecule has 1 atom stereocenters. The first kappa shape index (κ1) is 15.9. The summed E-state index contributed by atoms with van der Waals surface area (Å²) in [5.41, 5.74) is 1.94. The van der Waals surface area contributed by atoms with Gasteiger partial charge in [0, 0.05) is 19.5 Å². The van der Waals surface area contributed by atoms with Crippen LogP contribution in [0.25, 0.3) is 0 Å². The molecule has 5 heteroatoms. The maximum atomic E-state index is 6.30. The first-order valence-corrected chi connectivity index (χ1v) is 7.52. The fraction of sp³-hybridized carbons (Fsp3) is 0.438. The van der Waals surface area contributed by atoms with Crippen molar-refractivity contribution in [2.75, 3.05) is 13.7 Å². The number of para-hydroxylation sites is 1. The van der Waals surface area contributed by atoms with Crippen LogP contribution >= 0.6 is 11.6 Å². The van der Waals surface area contributed by atoms with Crippen LogP contribution in [0.3, 0.4) is 0 Å². The third-order valence-corrected chi connectivity index (χ3v) is 4.08. The molecule has 2 aromatic rings. The number of aromatic nitrogens is 2. The molecule has 0 spiro atoms. The van der Waals surface area contributed by atoms with Crippen LogP contribution in [0.5, 0.6) is 5.75 Å². The summed E-state index contributed by atoms with van der Waals surface area (Å²) in [6.07, 6.45) is 1.75. The lowest BCUT2D eigenvalue weighted by atomic mass is 10.1. The van der Waals surface area contributed by atoms with Crippen molar-refractivity contribution in [1.82, 2.24) is 15.1 Å². The lowest BCUT2D eigenvalue weighted by Gasteiger charge is -2.17. The molecule has 2 rings (SSSR count). The van der Waals surface area contributed by atoms with Crippen LogP contribution < -0.4 is 10.1 Å². The van der Waals surface area contributed by atoms with E-state index in [0.717, 1.165) is 35.0 Å². The molecule has 0 aliphatic carbocycles. The predicted octanol–water partition coefficient (Wildman–Crippen LogP) is 2.98. The van der Waals surface area contributed by atoms with Crippen LogP contribution in [0.15, 0.2) is 30.3 Å². The second-order valence-electron chi connectivity index (χ2n) is 5.11. The number of hydrogen-bond acceptors (Lipinski definition) is 3. The molecule has 114 valence electrons. The molecule has 0 amide bonds. The molecule has 0 fully saturated rings. The molecule has 1 aromatic carbocycles. The number of likely N-dealkylation sites (N-methyl/N-ethyl adjacent to an activating group) is 1. The van der Waals surface area contributed by atoms with Crippen LogP contribution in [0.2, 0.25) is 5.02 Å². The van der Waals surface area contributed by atoms with Crippen LogP contribution in [0, 0.1) is 6.92 Å². The molecule has 1 aromatic heterocycles. The molecule has 0 saturated carbocycles. The van der Waals surface area contributed by atoms with Crippen LogP contribution in [0.4, 0.5) is 0 Å². The third-order valence-electron chi connectivity index (χ3n) is 3.59. The summed E-state index contributed by atoms with van der Waals surface area (Å²) in [4.78, 5) is 0. The molecule has 1 N–H and O–H groups in total. The summed E-state index contributed by atoms with van der Waals surface area (Å²) in [5.74, 6) is 0.904. The number of rotatable bonds is 7. The van der Waals surface area contributed by atoms with Gasteiger partial charge in [0.05, 0.1) is 23.0 Å². The molecule has 0 radical (unpaired) electrons. The van der Waals surface area contributed by atoms with Gasteiger partial charge in [0.2, 0.25) is 0 Å². The van der Waals surface area contributed by atoms with Gasteiger partial charge in [-0.25, -0.2) is 0 Å². The van der Waals surface area contributed by atoms with E-state index < -0.39 is 0 Å². The third kappa shape index (κ3) is 4.22. The molecule has 0 aliphatic rings. The van der Waals surface area contributed by atoms with Gasteiger partial charge in [-0.15, -0.1) is 0 Å². The molecule has 4 nitrogen and oxygen atoms in total. The zero-order chi connectivity index (χ0) is 15.2. The molecule has 0 bridgehead atoms. The number of hydrogen-bond donors (Lipinski definition) is 1. The van der Waals surface area contributed by atoms with Crippen molar-refractivity contribution in [3.8, 4) is 5.75 Å². The second-order valence-corrected chi connectivity index (χ2v) is 5.49. The lowest BCUT2D eigenvalue weighted by Crippen LogP contribution is -2.30. The van der Waals surface area contributed by atoms with Gasteiger partial charge in [-0.1, -0.05) is 29.8 Å². The van der Waals surface area contributed by atoms with Crippen molar-refractivity contribution < 1.29 is 4.74 Å². The quantitative estimate of drug-likeness (QED) is 0.855. The van der Waals surface area contributed by atoms with Crippen molar-refractivity contribution in [2.45, 2.75) is 25.8 Å². The first-order chi connectivity index (χ1) is 10.1. The highest BCUT2D eigenvalue weighted by molar-refractivity contribution is 6.31. The van der Waals surface area contributed by atoms with E-state index in [1.165, 1.54) is 0 Å². The van der Waals surface area contributed by atoms with Gasteiger partial charge in [-0.3, -0.25) is 4.68 Å². The van der Waals surface area contributed by atoms with Gasteiger partial charge in [-0.2, -0.15) is 5.10 Å². The monoisotopic (exact) mass is 307 g/mol. The highest BCUT2D eigenvalue weighted by Crippen LogP contribution is 2.21. The predicted molar refractivity (Wildman–Crippen MR) is 86.1 cm³/mol. The van der Waals surface area contributed by atoms with Crippen LogP contribution in [0.1, 0.15) is 17.8 Å². The van der Waals surface area contributed by atoms with Crippen molar-refractivity contribution in [2.24, 2.45) is 7.05 Å². The Labute approximate surface area is 131 Å². The summed E-state index contributed by atoms with van der Waals surface area (Å²) in [5, 5.41) is 8.44. The Kier molecular flexibility index (Phi) is 5.65. The fourth-order valence-corrected chi connectivity index (χ4v) is 2.56. The van der Waals surface area contributed by atoms with E-state index in [-0.39, 0.29) is 0 Å². The smallest absolute Gasteiger partial charge is 0.119 e. The molecule has 1 unspecified atom stereocenters. The van der Waals surface area contributed by atoms with Gasteiger partial charge in [0.25, 0.3) is 0 Å². The highest BCUT2D eigenvalue weighted by atomic mass is 35.5. The number of ether oxygens (including phenoxy) is 1. The van der Waals surface area contributed by atoms with Crippen molar-refractivity contribution >= 4 is 11.6 Å². The Bertz CT molecular complexity index is 568. The topological polar surface area (TPSA) is 39.1 Å². The summed E-state index contributed by atoms with van der Waals surface area (Å²) in [6.45, 7) is 2.60. The van der Waals surface area contributed by atoms with Crippen molar-refractivity contribution in [3.05, 3.63) is 46.7 Å². The fourth-order valence-electron chi connectivity index (χ4n) is 2.32. The molecule has 0 aliphatic heterocycles. The van der Waals surface area contributed by atoms with E-state index in [0.29, 0.717) is 12.6 Å². The van der Waals surface area contributed by atoms with E-state index in [2.05, 4.69) is 10.4 Å². The Morgan fingerprint density at radius 3 is 2.62 bits per heavy atom. The molecule has 1 heterocycles. The minimum atomic E-state index is 0.306. The van der Waals surface area contributed by atoms with Crippen LogP contribution in [-0.2, 0) is 13.5 Å². The largest absolute Gasteiger partial charge is 0.494 e. The van der Waals surface area contributed by atoms with E-state index in [1.54, 1.807) is 0 Å². The van der Waals surface area contributed by atoms with Gasteiger partial charge in [0.15, 0.2) is 0 Å². The molecule has 21 heavy (non-hydrogen) atoms. The zero-order valence-electron chi connectivity index (χ0n) is 12.8. The number of halogens is 1. The maximum absolute atomic E-state index is 6.30. The van der Waals surface area contributed by atoms with Gasteiger partial charge >= 0.3 is 0 Å². The van der Waals surface area contributed by atoms with Crippen molar-refractivity contribution in [3.63, 3.8) is 0 Å². The molecular formula is C16H22ClN3O. The average molecular weight is 308 g/mol. The number of nitrogens with one attached hydrogen (secondary N) is 1. The van der Waals surface area contributed by atoms with Gasteiger partial charge in [0.1, 0.15) is 5.75 Å². The van der Waals surface area contributed by atoms with E-state index in [9.17, 15) is 0 Å². The van der Waals surface area contributed by atoms with E-state index in [1.807, 2.05) is 56.0 Å². The summed E-state index contributed by atoms with van der Waals surface area (Å²) < 4.78 is 7.61. The Morgan fingerprint density at radius 1 is 1.33 bits per heavy atom. The Morgan fingerprint density at radius 2 is 2.05 bits per heavy atom. The second kappa shape index (κ2) is 7.48. The average Bonchev–Trinajstić information content (AvgIpc) is 2.73. The standard InChI is InChI=1S/C16H22ClN3O/c1-12-16(17)15(20(3)19-12)11-13(18-2)9-10-21-14-7-5-4-6-8-14/h4-8,13,18H,9-11H2,1-3H3. The number of aryl methyl sites for hydroxylation is 2.